The summed E-state index contributed by atoms with van der Waals surface area (Å²) in [4.78, 5) is 32.2. The largest absolute Gasteiger partial charge is 0.444 e. The van der Waals surface area contributed by atoms with Gasteiger partial charge in [0, 0.05) is 24.4 Å². The second kappa shape index (κ2) is 8.24. The number of hydrogen-bond acceptors (Lipinski definition) is 6. The van der Waals surface area contributed by atoms with Crippen molar-refractivity contribution in [2.45, 2.75) is 6.61 Å². The molecule has 1 heterocycles. The Labute approximate surface area is 159 Å². The Morgan fingerprint density at radius 2 is 1.93 bits per heavy atom. The molecule has 8 nitrogen and oxygen atoms in total. The number of anilines is 2. The molecule has 3 rings (SSSR count). The molecule has 0 N–H and O–H groups in total. The molecule has 1 amide bonds. The summed E-state index contributed by atoms with van der Waals surface area (Å²) in [5.41, 5.74) is 0.844. The number of amides is 1. The molecule has 2 aromatic carbocycles. The van der Waals surface area contributed by atoms with E-state index in [1.165, 1.54) is 36.5 Å². The van der Waals surface area contributed by atoms with Gasteiger partial charge in [0.05, 0.1) is 10.6 Å². The van der Waals surface area contributed by atoms with Gasteiger partial charge in [0.15, 0.2) is 0 Å². The maximum atomic E-state index is 12.7. The van der Waals surface area contributed by atoms with Crippen LogP contribution < -0.4 is 4.90 Å². The number of non-ortho nitro benzene ring substituents is 1. The van der Waals surface area contributed by atoms with E-state index in [-0.39, 0.29) is 29.1 Å². The molecule has 3 aromatic rings. The maximum Gasteiger partial charge on any atom is 0.420 e. The van der Waals surface area contributed by atoms with E-state index in [2.05, 4.69) is 9.97 Å². The van der Waals surface area contributed by atoms with E-state index >= 15 is 0 Å². The number of ether oxygens (including phenoxy) is 1. The fourth-order valence-corrected chi connectivity index (χ4v) is 2.45. The van der Waals surface area contributed by atoms with Gasteiger partial charge in [-0.15, -0.1) is 0 Å². The highest BCUT2D eigenvalue weighted by atomic mass is 35.5. The second-order valence-corrected chi connectivity index (χ2v) is 5.67. The van der Waals surface area contributed by atoms with Crippen LogP contribution in [0.2, 0.25) is 5.28 Å². The molecule has 0 atom stereocenters. The Hall–Kier alpha value is -3.52. The van der Waals surface area contributed by atoms with Crippen LogP contribution in [0.15, 0.2) is 66.9 Å². The number of aromatic nitrogens is 2. The zero-order chi connectivity index (χ0) is 19.2. The number of carbonyl (C=O) groups is 1. The maximum absolute atomic E-state index is 12.7. The molecular weight excluding hydrogens is 372 g/mol. The Morgan fingerprint density at radius 1 is 1.15 bits per heavy atom. The molecule has 9 heteroatoms. The van der Waals surface area contributed by atoms with Crippen molar-refractivity contribution in [2.75, 3.05) is 4.90 Å². The van der Waals surface area contributed by atoms with Gasteiger partial charge in [-0.25, -0.2) is 14.7 Å². The number of halogens is 1. The van der Waals surface area contributed by atoms with Crippen molar-refractivity contribution in [1.29, 1.82) is 0 Å². The molecule has 0 aliphatic heterocycles. The summed E-state index contributed by atoms with van der Waals surface area (Å²) < 4.78 is 5.35. The van der Waals surface area contributed by atoms with E-state index in [1.807, 2.05) is 30.3 Å². The van der Waals surface area contributed by atoms with Crippen LogP contribution >= 0.6 is 11.6 Å². The summed E-state index contributed by atoms with van der Waals surface area (Å²) in [6, 6.07) is 16.2. The SMILES string of the molecule is O=C(OCc1ccccc1)N(c1cccc([N+](=O)[O-])c1)c1ccnc(Cl)n1. The van der Waals surface area contributed by atoms with Gasteiger partial charge in [-0.1, -0.05) is 36.4 Å². The molecule has 136 valence electrons. The van der Waals surface area contributed by atoms with Crippen molar-refractivity contribution in [3.05, 3.63) is 87.8 Å². The predicted molar refractivity (Wildman–Crippen MR) is 98.9 cm³/mol. The highest BCUT2D eigenvalue weighted by molar-refractivity contribution is 6.28. The summed E-state index contributed by atoms with van der Waals surface area (Å²) in [5, 5.41) is 11.0. The van der Waals surface area contributed by atoms with Gasteiger partial charge >= 0.3 is 6.09 Å². The fraction of sp³-hybridized carbons (Fsp3) is 0.0556. The predicted octanol–water partition coefficient (Wildman–Crippen LogP) is 4.51. The Balaban J connectivity index is 1.93. The van der Waals surface area contributed by atoms with Crippen molar-refractivity contribution in [3.63, 3.8) is 0 Å². The minimum absolute atomic E-state index is 0.0317. The van der Waals surface area contributed by atoms with Crippen molar-refractivity contribution < 1.29 is 14.5 Å². The van der Waals surface area contributed by atoms with Crippen molar-refractivity contribution in [2.24, 2.45) is 0 Å². The first kappa shape index (κ1) is 18.3. The van der Waals surface area contributed by atoms with E-state index in [1.54, 1.807) is 0 Å². The van der Waals surface area contributed by atoms with Crippen LogP contribution in [0.1, 0.15) is 5.56 Å². The number of nitro benzene ring substituents is 1. The van der Waals surface area contributed by atoms with E-state index in [0.29, 0.717) is 0 Å². The van der Waals surface area contributed by atoms with Crippen LogP contribution in [0.4, 0.5) is 22.0 Å². The second-order valence-electron chi connectivity index (χ2n) is 5.34. The molecule has 0 aliphatic rings. The first-order valence-electron chi connectivity index (χ1n) is 7.78. The number of hydrogen-bond donors (Lipinski definition) is 0. The number of nitro groups is 1. The molecule has 1 aromatic heterocycles. The first-order chi connectivity index (χ1) is 13.0. The lowest BCUT2D eigenvalue weighted by atomic mass is 10.2. The molecule has 27 heavy (non-hydrogen) atoms. The molecule has 0 fully saturated rings. The molecule has 0 radical (unpaired) electrons. The third kappa shape index (κ3) is 4.56. The average molecular weight is 385 g/mol. The van der Waals surface area contributed by atoms with Crippen molar-refractivity contribution in [3.8, 4) is 0 Å². The van der Waals surface area contributed by atoms with Crippen LogP contribution in [0.5, 0.6) is 0 Å². The van der Waals surface area contributed by atoms with E-state index < -0.39 is 11.0 Å². The summed E-state index contributed by atoms with van der Waals surface area (Å²) >= 11 is 5.83. The van der Waals surface area contributed by atoms with Gasteiger partial charge < -0.3 is 4.74 Å². The van der Waals surface area contributed by atoms with Gasteiger partial charge in [-0.05, 0) is 23.2 Å². The molecular formula is C18H13ClN4O4. The lowest BCUT2D eigenvalue weighted by Gasteiger charge is -2.21. The molecule has 0 bridgehead atoms. The average Bonchev–Trinajstić information content (AvgIpc) is 2.68. The minimum Gasteiger partial charge on any atom is -0.444 e. The third-order valence-electron chi connectivity index (χ3n) is 3.53. The molecule has 0 aliphatic carbocycles. The van der Waals surface area contributed by atoms with Crippen molar-refractivity contribution in [1.82, 2.24) is 9.97 Å². The highest BCUT2D eigenvalue weighted by Crippen LogP contribution is 2.28. The Morgan fingerprint density at radius 3 is 2.63 bits per heavy atom. The van der Waals surface area contributed by atoms with Crippen LogP contribution in [0, 0.1) is 10.1 Å². The van der Waals surface area contributed by atoms with E-state index in [9.17, 15) is 14.9 Å². The van der Waals surface area contributed by atoms with Crippen LogP contribution in [0.25, 0.3) is 0 Å². The quantitative estimate of drug-likeness (QED) is 0.364. The van der Waals surface area contributed by atoms with Gasteiger partial charge in [-0.3, -0.25) is 10.1 Å². The minimum atomic E-state index is -0.755. The molecule has 0 spiro atoms. The topological polar surface area (TPSA) is 98.5 Å². The van der Waals surface area contributed by atoms with Crippen molar-refractivity contribution >= 4 is 34.9 Å². The standard InChI is InChI=1S/C18H13ClN4O4/c19-17-20-10-9-16(21-17)22(14-7-4-8-15(11-14)23(25)26)18(24)27-12-13-5-2-1-3-6-13/h1-11H,12H2. The molecule has 0 unspecified atom stereocenters. The smallest absolute Gasteiger partial charge is 0.420 e. The number of nitrogens with zero attached hydrogens (tertiary/aromatic N) is 4. The third-order valence-corrected chi connectivity index (χ3v) is 3.71. The summed E-state index contributed by atoms with van der Waals surface area (Å²) in [6.07, 6.45) is 0.619. The number of benzene rings is 2. The zero-order valence-electron chi connectivity index (χ0n) is 13.9. The normalized spacial score (nSPS) is 10.3. The lowest BCUT2D eigenvalue weighted by Crippen LogP contribution is -2.27. The number of carbonyl (C=O) groups excluding carboxylic acids is 1. The fourth-order valence-electron chi connectivity index (χ4n) is 2.31. The van der Waals surface area contributed by atoms with Gasteiger partial charge in [0.1, 0.15) is 12.4 Å². The summed E-state index contributed by atoms with van der Waals surface area (Å²) in [7, 11) is 0. The first-order valence-corrected chi connectivity index (χ1v) is 8.16. The monoisotopic (exact) mass is 384 g/mol. The molecule has 0 saturated carbocycles. The van der Waals surface area contributed by atoms with Gasteiger partial charge in [0.2, 0.25) is 5.28 Å². The lowest BCUT2D eigenvalue weighted by molar-refractivity contribution is -0.384. The van der Waals surface area contributed by atoms with Crippen LogP contribution in [0.3, 0.4) is 0 Å². The van der Waals surface area contributed by atoms with Gasteiger partial charge in [-0.2, -0.15) is 4.98 Å². The van der Waals surface area contributed by atoms with Crippen LogP contribution in [-0.2, 0) is 11.3 Å². The van der Waals surface area contributed by atoms with E-state index in [4.69, 9.17) is 16.3 Å². The van der Waals surface area contributed by atoms with Crippen LogP contribution in [-0.4, -0.2) is 21.0 Å². The van der Waals surface area contributed by atoms with Gasteiger partial charge in [0.25, 0.3) is 5.69 Å². The Bertz CT molecular complexity index is 968. The summed E-state index contributed by atoms with van der Waals surface area (Å²) in [5.74, 6) is 0.133. The zero-order valence-corrected chi connectivity index (χ0v) is 14.6. The Kier molecular flexibility index (Phi) is 5.58. The van der Waals surface area contributed by atoms with E-state index in [0.717, 1.165) is 10.5 Å². The molecule has 0 saturated heterocycles. The highest BCUT2D eigenvalue weighted by Gasteiger charge is 2.23. The number of rotatable bonds is 5. The summed E-state index contributed by atoms with van der Waals surface area (Å²) in [6.45, 7) is 0.0317.